The highest BCUT2D eigenvalue weighted by molar-refractivity contribution is 7.11. The van der Waals surface area contributed by atoms with Crippen molar-refractivity contribution in [1.29, 1.82) is 0 Å². The van der Waals surface area contributed by atoms with Crippen molar-refractivity contribution in [3.63, 3.8) is 0 Å². The van der Waals surface area contributed by atoms with Crippen LogP contribution in [-0.2, 0) is 17.9 Å². The first-order chi connectivity index (χ1) is 15.4. The van der Waals surface area contributed by atoms with E-state index in [1.54, 1.807) is 28.4 Å². The van der Waals surface area contributed by atoms with E-state index < -0.39 is 11.7 Å². The number of carbonyl (C=O) groups excluding carboxylic acids is 2. The molecular formula is C26H29FN2O2S. The fourth-order valence-electron chi connectivity index (χ4n) is 3.48. The molecule has 0 radical (unpaired) electrons. The number of nitrogens with zero attached hydrogens (tertiary/aromatic N) is 2. The van der Waals surface area contributed by atoms with E-state index >= 15 is 0 Å². The molecule has 4 nitrogen and oxygen atoms in total. The molecule has 0 aliphatic heterocycles. The Kier molecular flexibility index (Phi) is 8.17. The molecule has 1 heterocycles. The molecule has 2 amide bonds. The summed E-state index contributed by atoms with van der Waals surface area (Å²) in [7, 11) is 0. The molecule has 2 aromatic carbocycles. The van der Waals surface area contributed by atoms with Crippen molar-refractivity contribution in [1.82, 2.24) is 9.80 Å². The normalized spacial score (nSPS) is 11.8. The predicted molar refractivity (Wildman–Crippen MR) is 127 cm³/mol. The summed E-state index contributed by atoms with van der Waals surface area (Å²) in [6.07, 6.45) is 0.663. The lowest BCUT2D eigenvalue weighted by molar-refractivity contribution is -0.133. The zero-order chi connectivity index (χ0) is 23.1. The molecular weight excluding hydrogens is 423 g/mol. The van der Waals surface area contributed by atoms with Crippen LogP contribution in [0.15, 0.2) is 66.7 Å². The Bertz CT molecular complexity index is 1050. The summed E-state index contributed by atoms with van der Waals surface area (Å²) in [5.74, 6) is -1.20. The third kappa shape index (κ3) is 6.04. The molecule has 0 spiro atoms. The Morgan fingerprint density at radius 2 is 1.66 bits per heavy atom. The van der Waals surface area contributed by atoms with Crippen molar-refractivity contribution in [3.05, 3.63) is 93.4 Å². The van der Waals surface area contributed by atoms with Gasteiger partial charge in [0.25, 0.3) is 5.91 Å². The van der Waals surface area contributed by atoms with Gasteiger partial charge in [0.05, 0.1) is 12.1 Å². The highest BCUT2D eigenvalue weighted by Crippen LogP contribution is 2.20. The quantitative estimate of drug-likeness (QED) is 0.420. The summed E-state index contributed by atoms with van der Waals surface area (Å²) in [5.41, 5.74) is 1.01. The zero-order valence-electron chi connectivity index (χ0n) is 18.8. The Balaban J connectivity index is 1.85. The van der Waals surface area contributed by atoms with Gasteiger partial charge in [-0.1, -0.05) is 49.4 Å². The van der Waals surface area contributed by atoms with Crippen molar-refractivity contribution in [2.75, 3.05) is 6.54 Å². The van der Waals surface area contributed by atoms with Gasteiger partial charge in [-0.2, -0.15) is 0 Å². The first kappa shape index (κ1) is 23.7. The third-order valence-corrected chi connectivity index (χ3v) is 6.49. The van der Waals surface area contributed by atoms with Crippen LogP contribution in [-0.4, -0.2) is 34.2 Å². The van der Waals surface area contributed by atoms with Crippen molar-refractivity contribution < 1.29 is 14.0 Å². The van der Waals surface area contributed by atoms with Gasteiger partial charge < -0.3 is 9.80 Å². The summed E-state index contributed by atoms with van der Waals surface area (Å²) >= 11 is 1.65. The van der Waals surface area contributed by atoms with Crippen molar-refractivity contribution in [2.45, 2.75) is 46.3 Å². The van der Waals surface area contributed by atoms with Crippen molar-refractivity contribution in [2.24, 2.45) is 0 Å². The van der Waals surface area contributed by atoms with E-state index in [2.05, 4.69) is 0 Å². The van der Waals surface area contributed by atoms with Crippen LogP contribution in [0.2, 0.25) is 0 Å². The summed E-state index contributed by atoms with van der Waals surface area (Å²) in [6, 6.07) is 19.6. The molecule has 1 unspecified atom stereocenters. The maximum Gasteiger partial charge on any atom is 0.257 e. The van der Waals surface area contributed by atoms with Gasteiger partial charge in [-0.05, 0) is 50.1 Å². The molecule has 1 atom stereocenters. The molecule has 32 heavy (non-hydrogen) atoms. The van der Waals surface area contributed by atoms with Gasteiger partial charge in [-0.15, -0.1) is 11.3 Å². The highest BCUT2D eigenvalue weighted by atomic mass is 32.1. The van der Waals surface area contributed by atoms with E-state index in [-0.39, 0.29) is 24.1 Å². The highest BCUT2D eigenvalue weighted by Gasteiger charge is 2.27. The first-order valence-electron chi connectivity index (χ1n) is 10.8. The van der Waals surface area contributed by atoms with Crippen LogP contribution in [0.25, 0.3) is 0 Å². The second kappa shape index (κ2) is 11.0. The Labute approximate surface area is 193 Å². The average molecular weight is 453 g/mol. The fraction of sp³-hybridized carbons (Fsp3) is 0.308. The van der Waals surface area contributed by atoms with Crippen LogP contribution in [0.5, 0.6) is 0 Å². The molecule has 3 rings (SSSR count). The van der Waals surface area contributed by atoms with Crippen LogP contribution < -0.4 is 0 Å². The molecule has 1 aromatic heterocycles. The maximum atomic E-state index is 14.3. The van der Waals surface area contributed by atoms with Crippen LogP contribution in [0.3, 0.4) is 0 Å². The number of carbonyl (C=O) groups is 2. The third-order valence-electron chi connectivity index (χ3n) is 5.51. The summed E-state index contributed by atoms with van der Waals surface area (Å²) < 4.78 is 14.3. The minimum absolute atomic E-state index is 0.0101. The molecule has 0 fully saturated rings. The van der Waals surface area contributed by atoms with E-state index in [1.165, 1.54) is 21.9 Å². The smallest absolute Gasteiger partial charge is 0.257 e. The van der Waals surface area contributed by atoms with Gasteiger partial charge in [0, 0.05) is 22.3 Å². The van der Waals surface area contributed by atoms with Crippen LogP contribution in [0, 0.1) is 12.7 Å². The second-order valence-corrected chi connectivity index (χ2v) is 9.29. The fourth-order valence-corrected chi connectivity index (χ4v) is 4.38. The number of hydrogen-bond donors (Lipinski definition) is 0. The molecule has 168 valence electrons. The summed E-state index contributed by atoms with van der Waals surface area (Å²) in [4.78, 5) is 32.1. The zero-order valence-corrected chi connectivity index (χ0v) is 19.6. The number of thiophene rings is 1. The molecule has 0 saturated heterocycles. The molecule has 0 aliphatic rings. The van der Waals surface area contributed by atoms with Gasteiger partial charge in [-0.3, -0.25) is 9.59 Å². The Morgan fingerprint density at radius 1 is 0.969 bits per heavy atom. The van der Waals surface area contributed by atoms with Gasteiger partial charge in [0.2, 0.25) is 5.91 Å². The SMILES string of the molecule is CCC(C)N(CC(=O)N(Cc1ccccc1)Cc1ccc(C)s1)C(=O)c1ccccc1F. The number of aryl methyl sites for hydroxylation is 1. The van der Waals surface area contributed by atoms with E-state index in [1.807, 2.05) is 63.2 Å². The Morgan fingerprint density at radius 3 is 2.28 bits per heavy atom. The largest absolute Gasteiger partial charge is 0.332 e. The Hall–Kier alpha value is -2.99. The number of rotatable bonds is 9. The lowest BCUT2D eigenvalue weighted by Crippen LogP contribution is -2.46. The summed E-state index contributed by atoms with van der Waals surface area (Å²) in [5, 5.41) is 0. The lowest BCUT2D eigenvalue weighted by atomic mass is 10.1. The van der Waals surface area contributed by atoms with Crippen LogP contribution in [0.4, 0.5) is 4.39 Å². The number of amides is 2. The topological polar surface area (TPSA) is 40.6 Å². The number of halogens is 1. The molecule has 6 heteroatoms. The maximum absolute atomic E-state index is 14.3. The minimum Gasteiger partial charge on any atom is -0.332 e. The van der Waals surface area contributed by atoms with Crippen molar-refractivity contribution >= 4 is 23.2 Å². The molecule has 3 aromatic rings. The molecule has 0 N–H and O–H groups in total. The molecule has 0 saturated carbocycles. The van der Waals surface area contributed by atoms with Gasteiger partial charge >= 0.3 is 0 Å². The van der Waals surface area contributed by atoms with E-state index in [4.69, 9.17) is 0 Å². The minimum atomic E-state index is -0.576. The van der Waals surface area contributed by atoms with E-state index in [9.17, 15) is 14.0 Å². The lowest BCUT2D eigenvalue weighted by Gasteiger charge is -2.31. The summed E-state index contributed by atoms with van der Waals surface area (Å²) in [6.45, 7) is 6.69. The van der Waals surface area contributed by atoms with Crippen LogP contribution >= 0.6 is 11.3 Å². The van der Waals surface area contributed by atoms with Gasteiger partial charge in [0.15, 0.2) is 0 Å². The number of hydrogen-bond acceptors (Lipinski definition) is 3. The predicted octanol–water partition coefficient (Wildman–Crippen LogP) is 5.67. The standard InChI is InChI=1S/C26H29FN2O2S/c1-4-19(2)29(26(31)23-12-8-9-13-24(23)27)18-25(30)28(16-21-10-6-5-7-11-21)17-22-15-14-20(3)32-22/h5-15,19H,4,16-18H2,1-3H3. The van der Waals surface area contributed by atoms with E-state index in [0.29, 0.717) is 19.5 Å². The van der Waals surface area contributed by atoms with E-state index in [0.717, 1.165) is 10.4 Å². The second-order valence-electron chi connectivity index (χ2n) is 7.92. The molecule has 0 bridgehead atoms. The van der Waals surface area contributed by atoms with Crippen LogP contribution in [0.1, 0.15) is 45.9 Å². The van der Waals surface area contributed by atoms with Gasteiger partial charge in [-0.25, -0.2) is 4.39 Å². The van der Waals surface area contributed by atoms with Crippen molar-refractivity contribution in [3.8, 4) is 0 Å². The monoisotopic (exact) mass is 452 g/mol. The number of benzene rings is 2. The average Bonchev–Trinajstić information content (AvgIpc) is 3.21. The first-order valence-corrected chi connectivity index (χ1v) is 11.6. The molecule has 0 aliphatic carbocycles. The van der Waals surface area contributed by atoms with Gasteiger partial charge in [0.1, 0.15) is 12.4 Å².